The number of carbonyl (C=O) groups is 2. The van der Waals surface area contributed by atoms with Crippen LogP contribution in [0.3, 0.4) is 0 Å². The minimum atomic E-state index is -1.04. The summed E-state index contributed by atoms with van der Waals surface area (Å²) in [7, 11) is 2.99. The number of methoxy groups -OCH3 is 1. The van der Waals surface area contributed by atoms with Crippen LogP contribution in [0.15, 0.2) is 24.3 Å². The Labute approximate surface area is 109 Å². The van der Waals surface area contributed by atoms with E-state index in [1.807, 2.05) is 0 Å². The summed E-state index contributed by atoms with van der Waals surface area (Å²) in [5, 5.41) is 9.86. The number of anilines is 1. The van der Waals surface area contributed by atoms with Gasteiger partial charge in [-0.2, -0.15) is 0 Å². The van der Waals surface area contributed by atoms with Crippen LogP contribution >= 0.6 is 0 Å². The van der Waals surface area contributed by atoms with Crippen LogP contribution in [0, 0.1) is 0 Å². The van der Waals surface area contributed by atoms with Gasteiger partial charge in [-0.3, -0.25) is 9.69 Å². The molecule has 1 aromatic rings. The van der Waals surface area contributed by atoms with Crippen LogP contribution in [0.25, 0.3) is 0 Å². The molecule has 1 fully saturated rings. The van der Waals surface area contributed by atoms with E-state index in [9.17, 15) is 9.59 Å². The Kier molecular flexibility index (Phi) is 3.57. The first kappa shape index (κ1) is 13.2. The fourth-order valence-electron chi connectivity index (χ4n) is 1.85. The normalized spacial score (nSPS) is 18.8. The number of hydrogen-bond donors (Lipinski definition) is 1. The molecular formula is C12H14N2O5. The van der Waals surface area contributed by atoms with Gasteiger partial charge in [0.2, 0.25) is 0 Å². The van der Waals surface area contributed by atoms with E-state index in [-0.39, 0.29) is 6.42 Å². The standard InChI is InChI=1S/C12H14N2O5/c1-13-12(17)14(10(19-13)7-11(15)16)8-3-5-9(18-2)6-4-8/h3-6,10H,7H2,1-2H3,(H,15,16). The molecule has 2 amide bonds. The first-order valence-electron chi connectivity index (χ1n) is 5.62. The van der Waals surface area contributed by atoms with Crippen molar-refractivity contribution < 1.29 is 24.3 Å². The van der Waals surface area contributed by atoms with Crippen LogP contribution in [-0.2, 0) is 9.63 Å². The lowest BCUT2D eigenvalue weighted by molar-refractivity contribution is -0.147. The van der Waals surface area contributed by atoms with E-state index < -0.39 is 18.2 Å². The maximum absolute atomic E-state index is 12.0. The Morgan fingerprint density at radius 1 is 1.42 bits per heavy atom. The summed E-state index contributed by atoms with van der Waals surface area (Å²) in [4.78, 5) is 29.2. The smallest absolute Gasteiger partial charge is 0.350 e. The predicted molar refractivity (Wildman–Crippen MR) is 65.8 cm³/mol. The van der Waals surface area contributed by atoms with Gasteiger partial charge in [-0.15, -0.1) is 0 Å². The van der Waals surface area contributed by atoms with Crippen molar-refractivity contribution >= 4 is 17.7 Å². The molecule has 102 valence electrons. The lowest BCUT2D eigenvalue weighted by Gasteiger charge is -2.19. The second-order valence-corrected chi connectivity index (χ2v) is 4.01. The first-order valence-corrected chi connectivity index (χ1v) is 5.62. The maximum atomic E-state index is 12.0. The highest BCUT2D eigenvalue weighted by molar-refractivity contribution is 5.93. The zero-order valence-electron chi connectivity index (χ0n) is 10.6. The third-order valence-electron chi connectivity index (χ3n) is 2.74. The lowest BCUT2D eigenvalue weighted by Crippen LogP contribution is -2.35. The van der Waals surface area contributed by atoms with Crippen LogP contribution in [0.4, 0.5) is 10.5 Å². The van der Waals surface area contributed by atoms with Crippen molar-refractivity contribution in [1.82, 2.24) is 5.06 Å². The van der Waals surface area contributed by atoms with Gasteiger partial charge in [0.1, 0.15) is 5.75 Å². The van der Waals surface area contributed by atoms with Gasteiger partial charge in [-0.05, 0) is 24.3 Å². The van der Waals surface area contributed by atoms with Crippen LogP contribution in [-0.4, -0.2) is 42.6 Å². The number of nitrogens with zero attached hydrogens (tertiary/aromatic N) is 2. The largest absolute Gasteiger partial charge is 0.497 e. The van der Waals surface area contributed by atoms with Crippen molar-refractivity contribution in [1.29, 1.82) is 0 Å². The number of aliphatic carboxylic acids is 1. The summed E-state index contributed by atoms with van der Waals surface area (Å²) in [6.45, 7) is 0. The summed E-state index contributed by atoms with van der Waals surface area (Å²) >= 11 is 0. The third kappa shape index (κ3) is 2.60. The molecule has 0 radical (unpaired) electrons. The van der Waals surface area contributed by atoms with Crippen molar-refractivity contribution in [2.45, 2.75) is 12.6 Å². The van der Waals surface area contributed by atoms with E-state index in [1.54, 1.807) is 31.4 Å². The molecule has 2 rings (SSSR count). The lowest BCUT2D eigenvalue weighted by atomic mass is 10.2. The molecule has 19 heavy (non-hydrogen) atoms. The Morgan fingerprint density at radius 2 is 2.05 bits per heavy atom. The molecular weight excluding hydrogens is 252 g/mol. The molecule has 0 aromatic heterocycles. The number of urea groups is 1. The molecule has 1 unspecified atom stereocenters. The molecule has 1 aliphatic rings. The second kappa shape index (κ2) is 5.15. The average molecular weight is 266 g/mol. The Bertz CT molecular complexity index is 487. The van der Waals surface area contributed by atoms with Gasteiger partial charge >= 0.3 is 12.0 Å². The molecule has 7 nitrogen and oxygen atoms in total. The second-order valence-electron chi connectivity index (χ2n) is 4.01. The molecule has 1 atom stereocenters. The van der Waals surface area contributed by atoms with E-state index in [1.165, 1.54) is 11.9 Å². The quantitative estimate of drug-likeness (QED) is 0.888. The number of carbonyl (C=O) groups excluding carboxylic acids is 1. The van der Waals surface area contributed by atoms with Crippen molar-refractivity contribution in [3.8, 4) is 5.75 Å². The topological polar surface area (TPSA) is 79.3 Å². The highest BCUT2D eigenvalue weighted by Gasteiger charge is 2.39. The SMILES string of the molecule is COc1ccc(N2C(=O)N(C)OC2CC(=O)O)cc1. The van der Waals surface area contributed by atoms with Crippen molar-refractivity contribution in [2.75, 3.05) is 19.1 Å². The van der Waals surface area contributed by atoms with Gasteiger partial charge in [-0.1, -0.05) is 0 Å². The van der Waals surface area contributed by atoms with Crippen LogP contribution < -0.4 is 9.64 Å². The van der Waals surface area contributed by atoms with Gasteiger partial charge in [0, 0.05) is 12.7 Å². The molecule has 0 saturated carbocycles. The zero-order chi connectivity index (χ0) is 14.0. The Hall–Kier alpha value is -2.28. The molecule has 0 bridgehead atoms. The third-order valence-corrected chi connectivity index (χ3v) is 2.74. The van der Waals surface area contributed by atoms with Crippen LogP contribution in [0.1, 0.15) is 6.42 Å². The number of carboxylic acid groups (broad SMARTS) is 1. The van der Waals surface area contributed by atoms with Gasteiger partial charge in [0.05, 0.1) is 13.5 Å². The van der Waals surface area contributed by atoms with E-state index in [2.05, 4.69) is 0 Å². The number of hydrogen-bond acceptors (Lipinski definition) is 4. The average Bonchev–Trinajstić information content (AvgIpc) is 2.64. The fraction of sp³-hybridized carbons (Fsp3) is 0.333. The Balaban J connectivity index is 2.27. The molecule has 1 heterocycles. The summed E-state index contributed by atoms with van der Waals surface area (Å²) in [6.07, 6.45) is -1.13. The highest BCUT2D eigenvalue weighted by atomic mass is 16.7. The van der Waals surface area contributed by atoms with Crippen LogP contribution in [0.2, 0.25) is 0 Å². The number of carboxylic acids is 1. The maximum Gasteiger partial charge on any atom is 0.350 e. The molecule has 1 saturated heterocycles. The van der Waals surface area contributed by atoms with Gasteiger partial charge < -0.3 is 9.84 Å². The number of hydroxylamine groups is 2. The van der Waals surface area contributed by atoms with E-state index in [0.717, 1.165) is 5.06 Å². The number of rotatable bonds is 4. The Morgan fingerprint density at radius 3 is 2.58 bits per heavy atom. The number of ether oxygens (including phenoxy) is 1. The molecule has 1 N–H and O–H groups in total. The summed E-state index contributed by atoms with van der Waals surface area (Å²) in [5.41, 5.74) is 0.557. The van der Waals surface area contributed by atoms with Gasteiger partial charge in [-0.25, -0.2) is 14.7 Å². The highest BCUT2D eigenvalue weighted by Crippen LogP contribution is 2.28. The monoisotopic (exact) mass is 266 g/mol. The minimum absolute atomic E-state index is 0.290. The molecule has 1 aromatic carbocycles. The molecule has 1 aliphatic heterocycles. The van der Waals surface area contributed by atoms with E-state index in [4.69, 9.17) is 14.7 Å². The van der Waals surface area contributed by atoms with Gasteiger partial charge in [0.15, 0.2) is 6.23 Å². The summed E-state index contributed by atoms with van der Waals surface area (Å²) < 4.78 is 5.03. The first-order chi connectivity index (χ1) is 9.02. The fourth-order valence-corrected chi connectivity index (χ4v) is 1.85. The van der Waals surface area contributed by atoms with Crippen molar-refractivity contribution in [3.63, 3.8) is 0 Å². The number of benzene rings is 1. The molecule has 0 spiro atoms. The van der Waals surface area contributed by atoms with Crippen LogP contribution in [0.5, 0.6) is 5.75 Å². The van der Waals surface area contributed by atoms with Crippen molar-refractivity contribution in [2.24, 2.45) is 0 Å². The zero-order valence-corrected chi connectivity index (χ0v) is 10.6. The van der Waals surface area contributed by atoms with Gasteiger partial charge in [0.25, 0.3) is 0 Å². The summed E-state index contributed by atoms with van der Waals surface area (Å²) in [6, 6.07) is 6.33. The minimum Gasteiger partial charge on any atom is -0.497 e. The molecule has 7 heteroatoms. The van der Waals surface area contributed by atoms with E-state index >= 15 is 0 Å². The van der Waals surface area contributed by atoms with E-state index in [0.29, 0.717) is 11.4 Å². The predicted octanol–water partition coefficient (Wildman–Crippen LogP) is 1.30. The van der Waals surface area contributed by atoms with Crippen molar-refractivity contribution in [3.05, 3.63) is 24.3 Å². The molecule has 0 aliphatic carbocycles. The number of amides is 2. The summed E-state index contributed by atoms with van der Waals surface area (Å²) in [5.74, 6) is -0.383.